The van der Waals surface area contributed by atoms with Crippen molar-refractivity contribution in [3.05, 3.63) is 65.0 Å². The standard InChI is InChI=1S/C28H35N9O2/c1-31-23-7-3-4-8-24(23)34-25-15-27(33-17-22(25)16-30)36-28-21(6-5-10-29)14-20(26(18-38)35-28)9-12-37(2)13-11-32-19-39/h3-4,7-8,14-15,17-19,31H,5-6,9-13,29H2,1-2H3,(H,32,39)(H2,33,34,35,36). The van der Waals surface area contributed by atoms with Crippen molar-refractivity contribution in [2.75, 3.05) is 56.2 Å². The summed E-state index contributed by atoms with van der Waals surface area (Å²) in [4.78, 5) is 33.6. The second-order valence-corrected chi connectivity index (χ2v) is 8.95. The van der Waals surface area contributed by atoms with E-state index >= 15 is 0 Å². The molecule has 3 aromatic rings. The number of nitrogens with one attached hydrogen (secondary N) is 4. The molecule has 0 bridgehead atoms. The number of aromatic nitrogens is 2. The molecule has 0 fully saturated rings. The minimum atomic E-state index is 0.350. The molecule has 11 nitrogen and oxygen atoms in total. The minimum Gasteiger partial charge on any atom is -0.386 e. The third-order valence-corrected chi connectivity index (χ3v) is 6.20. The quantitative estimate of drug-likeness (QED) is 0.138. The molecule has 39 heavy (non-hydrogen) atoms. The first-order chi connectivity index (χ1) is 19.0. The fraction of sp³-hybridized carbons (Fsp3) is 0.321. The van der Waals surface area contributed by atoms with E-state index < -0.39 is 0 Å². The van der Waals surface area contributed by atoms with Crippen LogP contribution in [0.1, 0.15) is 33.6 Å². The fourth-order valence-electron chi connectivity index (χ4n) is 4.04. The largest absolute Gasteiger partial charge is 0.386 e. The molecule has 2 aromatic heterocycles. The van der Waals surface area contributed by atoms with Crippen molar-refractivity contribution in [1.29, 1.82) is 5.26 Å². The number of nitriles is 1. The van der Waals surface area contributed by atoms with Gasteiger partial charge >= 0.3 is 0 Å². The number of pyridine rings is 2. The SMILES string of the molecule is CNc1ccccc1Nc1cc(Nc2nc(C=O)c(CCN(C)CCNC=O)cc2CCCN)ncc1C#N. The van der Waals surface area contributed by atoms with Gasteiger partial charge in [0.05, 0.1) is 22.6 Å². The molecule has 0 radical (unpaired) electrons. The maximum Gasteiger partial charge on any atom is 0.207 e. The Balaban J connectivity index is 1.88. The molecule has 204 valence electrons. The Morgan fingerprint density at radius 2 is 1.85 bits per heavy atom. The van der Waals surface area contributed by atoms with Crippen molar-refractivity contribution in [2.24, 2.45) is 5.73 Å². The van der Waals surface area contributed by atoms with E-state index in [2.05, 4.69) is 42.2 Å². The molecule has 0 atom stereocenters. The van der Waals surface area contributed by atoms with Crippen LogP contribution in [0.25, 0.3) is 0 Å². The van der Waals surface area contributed by atoms with E-state index in [4.69, 9.17) is 5.73 Å². The van der Waals surface area contributed by atoms with Crippen molar-refractivity contribution in [3.63, 3.8) is 0 Å². The Hall–Kier alpha value is -4.53. The summed E-state index contributed by atoms with van der Waals surface area (Å²) < 4.78 is 0. The highest BCUT2D eigenvalue weighted by molar-refractivity contribution is 5.79. The average Bonchev–Trinajstić information content (AvgIpc) is 2.96. The van der Waals surface area contributed by atoms with Gasteiger partial charge in [-0.15, -0.1) is 0 Å². The molecule has 1 amide bonds. The van der Waals surface area contributed by atoms with Gasteiger partial charge in [-0.3, -0.25) is 9.59 Å². The van der Waals surface area contributed by atoms with E-state index in [9.17, 15) is 14.9 Å². The number of carbonyl (C=O) groups excluding carboxylic acids is 2. The van der Waals surface area contributed by atoms with Gasteiger partial charge in [-0.1, -0.05) is 12.1 Å². The molecule has 0 saturated heterocycles. The van der Waals surface area contributed by atoms with E-state index in [1.807, 2.05) is 44.4 Å². The Morgan fingerprint density at radius 3 is 2.54 bits per heavy atom. The van der Waals surface area contributed by atoms with Crippen LogP contribution in [0.4, 0.5) is 28.7 Å². The number of likely N-dealkylation sites (N-methyl/N-ethyl adjacent to an activating group) is 1. The van der Waals surface area contributed by atoms with E-state index in [-0.39, 0.29) is 0 Å². The van der Waals surface area contributed by atoms with Gasteiger partial charge in [-0.05, 0) is 62.2 Å². The first-order valence-electron chi connectivity index (χ1n) is 12.8. The van der Waals surface area contributed by atoms with Crippen molar-refractivity contribution >= 4 is 41.4 Å². The van der Waals surface area contributed by atoms with E-state index in [0.717, 1.165) is 35.2 Å². The molecule has 0 spiro atoms. The number of carbonyl (C=O) groups is 2. The van der Waals surface area contributed by atoms with E-state index in [1.165, 1.54) is 6.20 Å². The van der Waals surface area contributed by atoms with Crippen molar-refractivity contribution in [2.45, 2.75) is 19.3 Å². The number of nitrogens with two attached hydrogens (primary N) is 1. The van der Waals surface area contributed by atoms with Gasteiger partial charge in [0, 0.05) is 38.9 Å². The number of amides is 1. The Labute approximate surface area is 228 Å². The number of rotatable bonds is 16. The molecule has 2 heterocycles. The summed E-state index contributed by atoms with van der Waals surface area (Å²) in [7, 11) is 3.79. The topological polar surface area (TPSA) is 161 Å². The van der Waals surface area contributed by atoms with Crippen molar-refractivity contribution in [1.82, 2.24) is 20.2 Å². The molecule has 11 heteroatoms. The number of hydrogen-bond acceptors (Lipinski definition) is 10. The maximum atomic E-state index is 12.0. The fourth-order valence-corrected chi connectivity index (χ4v) is 4.04. The second-order valence-electron chi connectivity index (χ2n) is 8.95. The van der Waals surface area contributed by atoms with Crippen LogP contribution in [0.15, 0.2) is 42.6 Å². The molecule has 3 rings (SSSR count). The predicted octanol–water partition coefficient (Wildman–Crippen LogP) is 2.80. The molecule has 0 aliphatic carbocycles. The predicted molar refractivity (Wildman–Crippen MR) is 154 cm³/mol. The zero-order valence-electron chi connectivity index (χ0n) is 22.3. The summed E-state index contributed by atoms with van der Waals surface area (Å²) in [5.74, 6) is 1.00. The molecule has 1 aromatic carbocycles. The Bertz CT molecular complexity index is 1310. The number of para-hydroxylation sites is 2. The van der Waals surface area contributed by atoms with Gasteiger partial charge in [-0.25, -0.2) is 9.97 Å². The van der Waals surface area contributed by atoms with Crippen LogP contribution < -0.4 is 27.0 Å². The summed E-state index contributed by atoms with van der Waals surface area (Å²) in [5.41, 5.74) is 10.6. The molecule has 0 aliphatic heterocycles. The minimum absolute atomic E-state index is 0.350. The lowest BCUT2D eigenvalue weighted by molar-refractivity contribution is -0.109. The van der Waals surface area contributed by atoms with Crippen molar-refractivity contribution in [3.8, 4) is 6.07 Å². The van der Waals surface area contributed by atoms with Crippen LogP contribution >= 0.6 is 0 Å². The molecule has 0 saturated carbocycles. The number of hydrogen-bond donors (Lipinski definition) is 5. The van der Waals surface area contributed by atoms with Crippen molar-refractivity contribution < 1.29 is 9.59 Å². The molecular formula is C28H35N9O2. The number of aryl methyl sites for hydroxylation is 1. The second kappa shape index (κ2) is 15.0. The maximum absolute atomic E-state index is 12.0. The van der Waals surface area contributed by atoms with Gasteiger partial charge < -0.3 is 31.9 Å². The number of benzene rings is 1. The van der Waals surface area contributed by atoms with Gasteiger partial charge in [0.1, 0.15) is 23.4 Å². The normalized spacial score (nSPS) is 10.5. The average molecular weight is 530 g/mol. The lowest BCUT2D eigenvalue weighted by Crippen LogP contribution is -2.30. The van der Waals surface area contributed by atoms with Gasteiger partial charge in [0.25, 0.3) is 0 Å². The van der Waals surface area contributed by atoms with Gasteiger partial charge in [-0.2, -0.15) is 5.26 Å². The number of nitrogens with zero attached hydrogens (tertiary/aromatic N) is 4. The van der Waals surface area contributed by atoms with Crippen LogP contribution in [-0.4, -0.2) is 67.8 Å². The smallest absolute Gasteiger partial charge is 0.207 e. The number of anilines is 5. The highest BCUT2D eigenvalue weighted by Crippen LogP contribution is 2.29. The van der Waals surface area contributed by atoms with E-state index in [0.29, 0.717) is 74.0 Å². The zero-order chi connectivity index (χ0) is 28.0. The summed E-state index contributed by atoms with van der Waals surface area (Å²) in [6.07, 6.45) is 4.99. The highest BCUT2D eigenvalue weighted by Gasteiger charge is 2.15. The lowest BCUT2D eigenvalue weighted by atomic mass is 10.0. The van der Waals surface area contributed by atoms with Crippen LogP contribution in [0.2, 0.25) is 0 Å². The van der Waals surface area contributed by atoms with Crippen LogP contribution in [0, 0.1) is 11.3 Å². The third kappa shape index (κ3) is 8.23. The molecule has 0 unspecified atom stereocenters. The van der Waals surface area contributed by atoms with Crippen LogP contribution in [0.5, 0.6) is 0 Å². The summed E-state index contributed by atoms with van der Waals surface area (Å²) >= 11 is 0. The third-order valence-electron chi connectivity index (χ3n) is 6.20. The summed E-state index contributed by atoms with van der Waals surface area (Å²) in [6.45, 7) is 2.47. The molecule has 0 aliphatic rings. The highest BCUT2D eigenvalue weighted by atomic mass is 16.1. The monoisotopic (exact) mass is 529 g/mol. The molecule has 6 N–H and O–H groups in total. The van der Waals surface area contributed by atoms with Gasteiger partial charge in [0.2, 0.25) is 6.41 Å². The van der Waals surface area contributed by atoms with E-state index in [1.54, 1.807) is 6.07 Å². The van der Waals surface area contributed by atoms with Crippen LogP contribution in [-0.2, 0) is 17.6 Å². The lowest BCUT2D eigenvalue weighted by Gasteiger charge is -2.18. The first kappa shape index (κ1) is 29.0. The summed E-state index contributed by atoms with van der Waals surface area (Å²) in [6, 6.07) is 13.6. The molecular weight excluding hydrogens is 494 g/mol. The zero-order valence-corrected chi connectivity index (χ0v) is 22.3. The Kier molecular flexibility index (Phi) is 11.2. The number of aldehydes is 1. The van der Waals surface area contributed by atoms with Gasteiger partial charge in [0.15, 0.2) is 6.29 Å². The van der Waals surface area contributed by atoms with Crippen LogP contribution in [0.3, 0.4) is 0 Å². The first-order valence-corrected chi connectivity index (χ1v) is 12.8. The summed E-state index contributed by atoms with van der Waals surface area (Å²) in [5, 5.41) is 22.0. The Morgan fingerprint density at radius 1 is 1.05 bits per heavy atom.